The fourth-order valence-corrected chi connectivity index (χ4v) is 4.75. The minimum absolute atomic E-state index is 0.273. The summed E-state index contributed by atoms with van der Waals surface area (Å²) in [6.45, 7) is 8.30. The average Bonchev–Trinajstić information content (AvgIpc) is 2.85. The number of rotatable bonds is 3. The SMILES string of the molecule is CN(C)[S+](N1CCCC1)N1CCCC1.C[Si-](C)(C)(F)F. The van der Waals surface area contributed by atoms with Crippen LogP contribution < -0.4 is 0 Å². The van der Waals surface area contributed by atoms with Crippen molar-refractivity contribution < 1.29 is 8.22 Å². The third-order valence-electron chi connectivity index (χ3n) is 2.92. The van der Waals surface area contributed by atoms with Crippen molar-refractivity contribution in [1.29, 1.82) is 0 Å². The predicted octanol–water partition coefficient (Wildman–Crippen LogP) is 3.31. The molecule has 0 aromatic carbocycles. The van der Waals surface area contributed by atoms with E-state index < -0.39 is 8.02 Å². The average molecular weight is 328 g/mol. The molecule has 0 N–H and O–H groups in total. The zero-order valence-corrected chi connectivity index (χ0v) is 15.5. The van der Waals surface area contributed by atoms with E-state index in [1.54, 1.807) is 0 Å². The van der Waals surface area contributed by atoms with E-state index in [1.807, 2.05) is 0 Å². The quantitative estimate of drug-likeness (QED) is 0.447. The van der Waals surface area contributed by atoms with Gasteiger partial charge in [-0.15, -0.1) is 0 Å². The Bertz CT molecular complexity index is 263. The first-order valence-electron chi connectivity index (χ1n) is 7.59. The van der Waals surface area contributed by atoms with Crippen molar-refractivity contribution >= 4 is 19.5 Å². The minimum atomic E-state index is -4.25. The van der Waals surface area contributed by atoms with Crippen LogP contribution in [0.15, 0.2) is 0 Å². The summed E-state index contributed by atoms with van der Waals surface area (Å²) in [4.78, 5) is 0. The van der Waals surface area contributed by atoms with Crippen molar-refractivity contribution in [2.75, 3.05) is 40.3 Å². The molecule has 0 amide bonds. The third-order valence-corrected chi connectivity index (χ3v) is 5.23. The van der Waals surface area contributed by atoms with Crippen molar-refractivity contribution in [1.82, 2.24) is 12.9 Å². The Morgan fingerprint density at radius 2 is 1.05 bits per heavy atom. The number of hydrogen-bond acceptors (Lipinski definition) is 3. The summed E-state index contributed by atoms with van der Waals surface area (Å²) in [5.41, 5.74) is 0. The van der Waals surface area contributed by atoms with Crippen LogP contribution in [0.5, 0.6) is 0 Å². The van der Waals surface area contributed by atoms with Crippen LogP contribution in [-0.2, 0) is 11.5 Å². The summed E-state index contributed by atoms with van der Waals surface area (Å²) in [6, 6.07) is 0. The van der Waals surface area contributed by atoms with Gasteiger partial charge in [-0.25, -0.2) is 0 Å². The Kier molecular flexibility index (Phi) is 6.47. The predicted molar refractivity (Wildman–Crippen MR) is 88.2 cm³/mol. The van der Waals surface area contributed by atoms with Crippen LogP contribution in [0.1, 0.15) is 25.7 Å². The van der Waals surface area contributed by atoms with E-state index in [1.165, 1.54) is 51.9 Å². The van der Waals surface area contributed by atoms with Gasteiger partial charge >= 0.3 is 35.9 Å². The van der Waals surface area contributed by atoms with E-state index in [4.69, 9.17) is 0 Å². The van der Waals surface area contributed by atoms with Crippen molar-refractivity contribution in [3.63, 3.8) is 0 Å². The molecule has 2 heterocycles. The van der Waals surface area contributed by atoms with Crippen molar-refractivity contribution in [2.24, 2.45) is 0 Å². The van der Waals surface area contributed by atoms with Crippen molar-refractivity contribution in [3.8, 4) is 0 Å². The summed E-state index contributed by atoms with van der Waals surface area (Å²) < 4.78 is 31.4. The topological polar surface area (TPSA) is 9.72 Å². The first-order valence-corrected chi connectivity index (χ1v) is 12.4. The van der Waals surface area contributed by atoms with Crippen LogP contribution in [0.25, 0.3) is 0 Å². The molecule has 0 bridgehead atoms. The number of nitrogens with zero attached hydrogens (tertiary/aromatic N) is 3. The fraction of sp³-hybridized carbons (Fsp3) is 1.00. The molecule has 0 aromatic heterocycles. The molecule has 0 spiro atoms. The van der Waals surface area contributed by atoms with Crippen LogP contribution in [0.3, 0.4) is 0 Å². The van der Waals surface area contributed by atoms with Gasteiger partial charge in [0.15, 0.2) is 0 Å². The van der Waals surface area contributed by atoms with Gasteiger partial charge in [-0.2, -0.15) is 0 Å². The van der Waals surface area contributed by atoms with Gasteiger partial charge in [-0.1, -0.05) is 12.9 Å². The molecular formula is C13H31F2N3SSi. The molecule has 0 radical (unpaired) electrons. The van der Waals surface area contributed by atoms with E-state index in [0.717, 1.165) is 19.6 Å². The third kappa shape index (κ3) is 7.92. The zero-order chi connectivity index (χ0) is 15.4. The van der Waals surface area contributed by atoms with E-state index >= 15 is 0 Å². The van der Waals surface area contributed by atoms with E-state index in [2.05, 4.69) is 27.0 Å². The summed E-state index contributed by atoms with van der Waals surface area (Å²) in [5, 5.41) is 0. The van der Waals surface area contributed by atoms with Gasteiger partial charge in [0, 0.05) is 40.3 Å². The molecule has 2 aliphatic rings. The fourth-order valence-electron chi connectivity index (χ4n) is 2.33. The summed E-state index contributed by atoms with van der Waals surface area (Å²) in [5.74, 6) is 0. The van der Waals surface area contributed by atoms with Crippen LogP contribution in [0, 0.1) is 0 Å². The molecule has 0 aromatic rings. The molecular weight excluding hydrogens is 296 g/mol. The molecule has 3 nitrogen and oxygen atoms in total. The Hall–Kier alpha value is 0.307. The van der Waals surface area contributed by atoms with Gasteiger partial charge in [-0.3, -0.25) is 0 Å². The van der Waals surface area contributed by atoms with E-state index in [0.29, 0.717) is 0 Å². The monoisotopic (exact) mass is 327 g/mol. The molecule has 0 saturated carbocycles. The Morgan fingerprint density at radius 3 is 1.25 bits per heavy atom. The molecule has 0 unspecified atom stereocenters. The van der Waals surface area contributed by atoms with E-state index in [-0.39, 0.29) is 11.5 Å². The maximum absolute atomic E-state index is 11.9. The first kappa shape index (κ1) is 18.4. The molecule has 7 heteroatoms. The van der Waals surface area contributed by atoms with Crippen LogP contribution in [0.2, 0.25) is 19.6 Å². The summed E-state index contributed by atoms with van der Waals surface area (Å²) in [6.07, 6.45) is 5.58. The second-order valence-corrected chi connectivity index (χ2v) is 14.7. The number of halogens is 2. The Morgan fingerprint density at radius 1 is 0.800 bits per heavy atom. The van der Waals surface area contributed by atoms with Gasteiger partial charge in [0.05, 0.1) is 0 Å². The van der Waals surface area contributed by atoms with Crippen LogP contribution in [-0.4, -0.2) is 61.2 Å². The standard InChI is InChI=1S/C10H22N3S.C3H9F2Si/c1-11(2)14(12-7-3-4-8-12)13-9-5-6-10-13;1-6(2,3,4)5/h3-10H2,1-2H3;1-3H3/q+1;-1. The zero-order valence-electron chi connectivity index (χ0n) is 13.7. The van der Waals surface area contributed by atoms with Gasteiger partial charge in [0.25, 0.3) is 11.5 Å². The molecule has 0 atom stereocenters. The van der Waals surface area contributed by atoms with Gasteiger partial charge in [-0.05, 0) is 25.7 Å². The molecule has 2 aliphatic heterocycles. The van der Waals surface area contributed by atoms with Gasteiger partial charge < -0.3 is 0 Å². The van der Waals surface area contributed by atoms with Gasteiger partial charge in [0.1, 0.15) is 0 Å². The van der Waals surface area contributed by atoms with Crippen LogP contribution in [0.4, 0.5) is 8.22 Å². The first-order chi connectivity index (χ1) is 9.02. The molecule has 2 fully saturated rings. The summed E-state index contributed by atoms with van der Waals surface area (Å²) in [7, 11) is 0.194. The number of hydrogen-bond donors (Lipinski definition) is 0. The van der Waals surface area contributed by atoms with Crippen molar-refractivity contribution in [3.05, 3.63) is 0 Å². The summed E-state index contributed by atoms with van der Waals surface area (Å²) >= 11 is 0.273. The van der Waals surface area contributed by atoms with Crippen molar-refractivity contribution in [2.45, 2.75) is 45.3 Å². The van der Waals surface area contributed by atoms with Gasteiger partial charge in [0.2, 0.25) is 0 Å². The molecule has 0 aliphatic carbocycles. The molecule has 2 rings (SSSR count). The second kappa shape index (κ2) is 7.04. The maximum atomic E-state index is 11.9. The molecule has 2 saturated heterocycles. The normalized spacial score (nSPS) is 23.8. The molecule has 122 valence electrons. The molecule has 20 heavy (non-hydrogen) atoms. The Labute approximate surface area is 126 Å². The van der Waals surface area contributed by atoms with E-state index in [9.17, 15) is 8.22 Å². The second-order valence-electron chi connectivity index (χ2n) is 7.03. The van der Waals surface area contributed by atoms with Crippen LogP contribution >= 0.6 is 0 Å². The Balaban J connectivity index is 0.000000286.